The molecule has 0 amide bonds. The Labute approximate surface area is 136 Å². The van der Waals surface area contributed by atoms with Crippen LogP contribution in [-0.2, 0) is 6.54 Å². The number of nitrogens with two attached hydrogens (primary N) is 1. The van der Waals surface area contributed by atoms with E-state index in [1.807, 2.05) is 23.6 Å². The summed E-state index contributed by atoms with van der Waals surface area (Å²) in [6.45, 7) is 2.75. The van der Waals surface area contributed by atoms with E-state index in [0.717, 1.165) is 17.9 Å². The van der Waals surface area contributed by atoms with Gasteiger partial charge in [-0.25, -0.2) is 9.97 Å². The molecule has 0 saturated carbocycles. The quantitative estimate of drug-likeness (QED) is 0.733. The van der Waals surface area contributed by atoms with Crippen LogP contribution in [0.1, 0.15) is 6.92 Å². The van der Waals surface area contributed by atoms with Crippen molar-refractivity contribution < 1.29 is 0 Å². The van der Waals surface area contributed by atoms with Gasteiger partial charge in [0.25, 0.3) is 0 Å². The number of nitrogens with zero attached hydrogens (tertiary/aromatic N) is 6. The molecule has 0 aromatic carbocycles. The molecule has 0 fully saturated rings. The van der Waals surface area contributed by atoms with E-state index in [0.29, 0.717) is 15.3 Å². The van der Waals surface area contributed by atoms with Gasteiger partial charge in [0.15, 0.2) is 11.0 Å². The number of hydrogen-bond acceptors (Lipinski definition) is 7. The highest BCUT2D eigenvalue weighted by molar-refractivity contribution is 7.99. The van der Waals surface area contributed by atoms with Gasteiger partial charge in [-0.1, -0.05) is 11.6 Å². The summed E-state index contributed by atoms with van der Waals surface area (Å²) in [6.07, 6.45) is 3.45. The highest BCUT2D eigenvalue weighted by atomic mass is 35.5. The van der Waals surface area contributed by atoms with Gasteiger partial charge >= 0.3 is 0 Å². The molecule has 7 nitrogen and oxygen atoms in total. The first-order valence-electron chi connectivity index (χ1n) is 6.49. The molecule has 22 heavy (non-hydrogen) atoms. The molecule has 0 aliphatic carbocycles. The van der Waals surface area contributed by atoms with Crippen LogP contribution in [0.5, 0.6) is 0 Å². The molecule has 3 rings (SSSR count). The summed E-state index contributed by atoms with van der Waals surface area (Å²) < 4.78 is 1.99. The Morgan fingerprint density at radius 1 is 1.23 bits per heavy atom. The SMILES string of the molecule is CCn1c(Sc2cc(Cl)nc(N)n2)nnc1-c1ccncc1. The van der Waals surface area contributed by atoms with Crippen molar-refractivity contribution in [3.8, 4) is 11.4 Å². The first kappa shape index (κ1) is 14.7. The fourth-order valence-corrected chi connectivity index (χ4v) is 3.08. The third-order valence-electron chi connectivity index (χ3n) is 2.86. The van der Waals surface area contributed by atoms with Crippen LogP contribution < -0.4 is 5.73 Å². The average Bonchev–Trinajstić information content (AvgIpc) is 2.89. The number of nitrogen functional groups attached to an aromatic ring is 1. The van der Waals surface area contributed by atoms with E-state index in [1.165, 1.54) is 11.8 Å². The third-order valence-corrected chi connectivity index (χ3v) is 3.95. The van der Waals surface area contributed by atoms with Crippen molar-refractivity contribution in [2.45, 2.75) is 23.7 Å². The molecule has 0 bridgehead atoms. The molecule has 0 aliphatic heterocycles. The summed E-state index contributed by atoms with van der Waals surface area (Å²) in [5.74, 6) is 0.910. The maximum absolute atomic E-state index is 5.90. The van der Waals surface area contributed by atoms with Gasteiger partial charge in [0.05, 0.1) is 0 Å². The number of pyridine rings is 1. The molecule has 3 aromatic rings. The second-order valence-corrected chi connectivity index (χ2v) is 5.65. The zero-order valence-electron chi connectivity index (χ0n) is 11.6. The molecular formula is C13H12ClN7S. The third kappa shape index (κ3) is 3.02. The van der Waals surface area contributed by atoms with Gasteiger partial charge in [0, 0.05) is 30.6 Å². The number of halogens is 1. The summed E-state index contributed by atoms with van der Waals surface area (Å²) in [4.78, 5) is 12.0. The van der Waals surface area contributed by atoms with E-state index >= 15 is 0 Å². The van der Waals surface area contributed by atoms with Gasteiger partial charge in [0.2, 0.25) is 5.95 Å². The first-order chi connectivity index (χ1) is 10.7. The van der Waals surface area contributed by atoms with Gasteiger partial charge in [0.1, 0.15) is 10.2 Å². The molecular weight excluding hydrogens is 322 g/mol. The summed E-state index contributed by atoms with van der Waals surface area (Å²) in [5, 5.41) is 10.1. The average molecular weight is 334 g/mol. The molecule has 3 aromatic heterocycles. The summed E-state index contributed by atoms with van der Waals surface area (Å²) >= 11 is 7.24. The largest absolute Gasteiger partial charge is 0.368 e. The summed E-state index contributed by atoms with van der Waals surface area (Å²) in [6, 6.07) is 5.43. The van der Waals surface area contributed by atoms with E-state index in [-0.39, 0.29) is 5.95 Å². The van der Waals surface area contributed by atoms with Crippen molar-refractivity contribution in [3.63, 3.8) is 0 Å². The zero-order valence-corrected chi connectivity index (χ0v) is 13.2. The summed E-state index contributed by atoms with van der Waals surface area (Å²) in [7, 11) is 0. The Balaban J connectivity index is 1.97. The standard InChI is InChI=1S/C13H12ClN7S/c1-2-21-11(8-3-5-16-6-4-8)19-20-13(21)22-10-7-9(14)17-12(15)18-10/h3-7H,2H2,1H3,(H2,15,17,18). The van der Waals surface area contributed by atoms with Crippen molar-refractivity contribution in [3.05, 3.63) is 35.7 Å². The molecule has 9 heteroatoms. The lowest BCUT2D eigenvalue weighted by Crippen LogP contribution is -2.01. The Kier molecular flexibility index (Phi) is 4.21. The second kappa shape index (κ2) is 6.29. The van der Waals surface area contributed by atoms with E-state index in [1.54, 1.807) is 18.5 Å². The molecule has 0 atom stereocenters. The lowest BCUT2D eigenvalue weighted by atomic mass is 10.2. The van der Waals surface area contributed by atoms with Crippen molar-refractivity contribution in [2.75, 3.05) is 5.73 Å². The van der Waals surface area contributed by atoms with Crippen LogP contribution in [-0.4, -0.2) is 29.7 Å². The van der Waals surface area contributed by atoms with Crippen molar-refractivity contribution in [2.24, 2.45) is 0 Å². The Bertz CT molecular complexity index is 770. The van der Waals surface area contributed by atoms with E-state index < -0.39 is 0 Å². The second-order valence-electron chi connectivity index (χ2n) is 4.28. The predicted molar refractivity (Wildman–Crippen MR) is 84.5 cm³/mol. The number of anilines is 1. The molecule has 0 unspecified atom stereocenters. The number of aromatic nitrogens is 6. The van der Waals surface area contributed by atoms with Crippen LogP contribution >= 0.6 is 23.4 Å². The minimum atomic E-state index is 0.131. The van der Waals surface area contributed by atoms with Crippen LogP contribution in [0.25, 0.3) is 11.4 Å². The maximum atomic E-state index is 5.90. The topological polar surface area (TPSA) is 95.4 Å². The molecule has 112 valence electrons. The normalized spacial score (nSPS) is 10.8. The molecule has 0 saturated heterocycles. The smallest absolute Gasteiger partial charge is 0.222 e. The number of rotatable bonds is 4. The van der Waals surface area contributed by atoms with Gasteiger partial charge in [-0.05, 0) is 30.8 Å². The van der Waals surface area contributed by atoms with E-state index in [4.69, 9.17) is 17.3 Å². The molecule has 0 spiro atoms. The van der Waals surface area contributed by atoms with Crippen molar-refractivity contribution >= 4 is 29.3 Å². The monoisotopic (exact) mass is 333 g/mol. The van der Waals surface area contributed by atoms with Crippen molar-refractivity contribution in [1.29, 1.82) is 0 Å². The van der Waals surface area contributed by atoms with Gasteiger partial charge < -0.3 is 10.3 Å². The maximum Gasteiger partial charge on any atom is 0.222 e. The minimum Gasteiger partial charge on any atom is -0.368 e. The highest BCUT2D eigenvalue weighted by Crippen LogP contribution is 2.29. The van der Waals surface area contributed by atoms with Crippen LogP contribution in [0.3, 0.4) is 0 Å². The van der Waals surface area contributed by atoms with Crippen LogP contribution in [0, 0.1) is 0 Å². The van der Waals surface area contributed by atoms with Gasteiger partial charge in [-0.2, -0.15) is 0 Å². The van der Waals surface area contributed by atoms with E-state index in [9.17, 15) is 0 Å². The van der Waals surface area contributed by atoms with Crippen molar-refractivity contribution in [1.82, 2.24) is 29.7 Å². The van der Waals surface area contributed by atoms with Gasteiger partial charge in [-0.15, -0.1) is 10.2 Å². The highest BCUT2D eigenvalue weighted by Gasteiger charge is 2.15. The fourth-order valence-electron chi connectivity index (χ4n) is 1.92. The predicted octanol–water partition coefficient (Wildman–Crippen LogP) is 2.54. The van der Waals surface area contributed by atoms with Crippen LogP contribution in [0.2, 0.25) is 5.15 Å². The van der Waals surface area contributed by atoms with Crippen LogP contribution in [0.15, 0.2) is 40.8 Å². The Morgan fingerprint density at radius 3 is 2.68 bits per heavy atom. The molecule has 2 N–H and O–H groups in total. The van der Waals surface area contributed by atoms with Crippen LogP contribution in [0.4, 0.5) is 5.95 Å². The lowest BCUT2D eigenvalue weighted by Gasteiger charge is -2.07. The zero-order chi connectivity index (χ0) is 15.5. The minimum absolute atomic E-state index is 0.131. The van der Waals surface area contributed by atoms with Gasteiger partial charge in [-0.3, -0.25) is 4.98 Å². The first-order valence-corrected chi connectivity index (χ1v) is 7.68. The Morgan fingerprint density at radius 2 is 2.00 bits per heavy atom. The molecule has 0 aliphatic rings. The molecule has 3 heterocycles. The van der Waals surface area contributed by atoms with E-state index in [2.05, 4.69) is 25.1 Å². The summed E-state index contributed by atoms with van der Waals surface area (Å²) in [5.41, 5.74) is 6.57. The lowest BCUT2D eigenvalue weighted by molar-refractivity contribution is 0.686. The molecule has 0 radical (unpaired) electrons. The Hall–Kier alpha value is -2.19. The fraction of sp³-hybridized carbons (Fsp3) is 0.154. The number of hydrogen-bond donors (Lipinski definition) is 1.